The second-order valence-electron chi connectivity index (χ2n) is 7.54. The molecule has 0 bridgehead atoms. The van der Waals surface area contributed by atoms with Crippen LogP contribution in [0.3, 0.4) is 0 Å². The molecule has 0 aliphatic carbocycles. The second-order valence-corrected chi connectivity index (χ2v) is 9.44. The molecule has 8 nitrogen and oxygen atoms in total. The van der Waals surface area contributed by atoms with Gasteiger partial charge in [-0.2, -0.15) is 0 Å². The Balaban J connectivity index is 1.92. The maximum atomic E-state index is 12.4. The maximum Gasteiger partial charge on any atom is 0.240 e. The normalized spacial score (nSPS) is 15.7. The predicted octanol–water partition coefficient (Wildman–Crippen LogP) is 1.71. The van der Waals surface area contributed by atoms with Crippen molar-refractivity contribution in [1.82, 2.24) is 10.2 Å². The smallest absolute Gasteiger partial charge is 0.240 e. The summed E-state index contributed by atoms with van der Waals surface area (Å²) in [5.41, 5.74) is 0.299. The molecule has 2 rings (SSSR count). The van der Waals surface area contributed by atoms with Crippen molar-refractivity contribution >= 4 is 21.6 Å². The van der Waals surface area contributed by atoms with Crippen molar-refractivity contribution in [2.24, 2.45) is 5.92 Å². The van der Waals surface area contributed by atoms with E-state index in [2.05, 4.69) is 17.1 Å². The van der Waals surface area contributed by atoms with Gasteiger partial charge >= 0.3 is 0 Å². The van der Waals surface area contributed by atoms with Gasteiger partial charge in [-0.1, -0.05) is 6.92 Å². The average molecular weight is 428 g/mol. The Kier molecular flexibility index (Phi) is 8.58. The second kappa shape index (κ2) is 10.7. The van der Waals surface area contributed by atoms with E-state index >= 15 is 0 Å². The minimum Gasteiger partial charge on any atom is -0.497 e. The van der Waals surface area contributed by atoms with Crippen molar-refractivity contribution in [2.75, 3.05) is 57.5 Å². The van der Waals surface area contributed by atoms with Gasteiger partial charge in [-0.05, 0) is 56.9 Å². The molecule has 1 N–H and O–H groups in total. The van der Waals surface area contributed by atoms with Crippen molar-refractivity contribution in [3.63, 3.8) is 0 Å². The molecule has 0 spiro atoms. The zero-order valence-corrected chi connectivity index (χ0v) is 18.6. The highest BCUT2D eigenvalue weighted by molar-refractivity contribution is 7.92. The molecule has 1 saturated heterocycles. The zero-order valence-electron chi connectivity index (χ0n) is 17.8. The number of carbonyl (C=O) groups is 1. The number of benzene rings is 1. The lowest BCUT2D eigenvalue weighted by molar-refractivity contribution is -0.119. The molecule has 0 atom stereocenters. The van der Waals surface area contributed by atoms with Crippen LogP contribution in [0.4, 0.5) is 5.69 Å². The van der Waals surface area contributed by atoms with Gasteiger partial charge in [-0.15, -0.1) is 0 Å². The predicted molar refractivity (Wildman–Crippen MR) is 114 cm³/mol. The van der Waals surface area contributed by atoms with Gasteiger partial charge in [0.05, 0.1) is 26.2 Å². The van der Waals surface area contributed by atoms with Gasteiger partial charge in [0.2, 0.25) is 15.9 Å². The number of methoxy groups -OCH3 is 2. The summed E-state index contributed by atoms with van der Waals surface area (Å²) in [5, 5.41) is 2.83. The molecule has 0 unspecified atom stereocenters. The Hall–Kier alpha value is -2.00. The lowest BCUT2D eigenvalue weighted by Crippen LogP contribution is -2.41. The average Bonchev–Trinajstić information content (AvgIpc) is 2.69. The van der Waals surface area contributed by atoms with Crippen LogP contribution in [0.1, 0.15) is 26.2 Å². The molecule has 1 aromatic rings. The number of rotatable bonds is 10. The Bertz CT molecular complexity index is 776. The summed E-state index contributed by atoms with van der Waals surface area (Å²) in [6, 6.07) is 4.79. The fraction of sp³-hybridized carbons (Fsp3) is 0.650. The van der Waals surface area contributed by atoms with Crippen LogP contribution in [0.15, 0.2) is 18.2 Å². The first-order valence-electron chi connectivity index (χ1n) is 9.93. The van der Waals surface area contributed by atoms with E-state index in [0.717, 1.165) is 42.5 Å². The number of amides is 1. The summed E-state index contributed by atoms with van der Waals surface area (Å²) in [6.07, 6.45) is 4.35. The quantitative estimate of drug-likeness (QED) is 0.572. The van der Waals surface area contributed by atoms with Gasteiger partial charge < -0.3 is 19.7 Å². The van der Waals surface area contributed by atoms with Crippen LogP contribution in [0.2, 0.25) is 0 Å². The van der Waals surface area contributed by atoms with E-state index in [0.29, 0.717) is 23.7 Å². The first-order valence-corrected chi connectivity index (χ1v) is 11.8. The minimum absolute atomic E-state index is 0.299. The van der Waals surface area contributed by atoms with Gasteiger partial charge in [-0.3, -0.25) is 9.10 Å². The molecule has 1 heterocycles. The summed E-state index contributed by atoms with van der Waals surface area (Å²) in [6.45, 7) is 5.64. The SMILES string of the molecule is COc1ccc(N(CC(=O)NCCCN2CCC(C)CC2)S(C)(=O)=O)c(OC)c1. The number of likely N-dealkylation sites (tertiary alicyclic amines) is 1. The summed E-state index contributed by atoms with van der Waals surface area (Å²) in [7, 11) is -0.716. The molecule has 0 saturated carbocycles. The van der Waals surface area contributed by atoms with E-state index < -0.39 is 10.0 Å². The molecule has 1 aromatic carbocycles. The summed E-state index contributed by atoms with van der Waals surface area (Å²) >= 11 is 0. The number of sulfonamides is 1. The monoisotopic (exact) mass is 427 g/mol. The Morgan fingerprint density at radius 3 is 2.52 bits per heavy atom. The number of ether oxygens (including phenoxy) is 2. The highest BCUT2D eigenvalue weighted by Gasteiger charge is 2.24. The van der Waals surface area contributed by atoms with Crippen LogP contribution in [-0.2, 0) is 14.8 Å². The molecular formula is C20H33N3O5S. The Morgan fingerprint density at radius 2 is 1.93 bits per heavy atom. The van der Waals surface area contributed by atoms with Crippen LogP contribution in [0, 0.1) is 5.92 Å². The lowest BCUT2D eigenvalue weighted by Gasteiger charge is -2.30. The van der Waals surface area contributed by atoms with E-state index in [-0.39, 0.29) is 12.5 Å². The molecule has 1 fully saturated rings. The largest absolute Gasteiger partial charge is 0.497 e. The zero-order chi connectivity index (χ0) is 21.4. The van der Waals surface area contributed by atoms with E-state index in [4.69, 9.17) is 9.47 Å². The molecule has 0 aromatic heterocycles. The van der Waals surface area contributed by atoms with Gasteiger partial charge in [0.25, 0.3) is 0 Å². The summed E-state index contributed by atoms with van der Waals surface area (Å²) in [4.78, 5) is 14.8. The number of hydrogen-bond donors (Lipinski definition) is 1. The van der Waals surface area contributed by atoms with Crippen LogP contribution in [-0.4, -0.2) is 72.4 Å². The molecule has 164 valence electrons. The molecular weight excluding hydrogens is 394 g/mol. The van der Waals surface area contributed by atoms with Gasteiger partial charge in [0.15, 0.2) is 0 Å². The molecule has 1 aliphatic rings. The third-order valence-electron chi connectivity index (χ3n) is 5.19. The van der Waals surface area contributed by atoms with Crippen molar-refractivity contribution in [3.8, 4) is 11.5 Å². The van der Waals surface area contributed by atoms with Crippen molar-refractivity contribution in [2.45, 2.75) is 26.2 Å². The molecule has 29 heavy (non-hydrogen) atoms. The summed E-state index contributed by atoms with van der Waals surface area (Å²) < 4.78 is 36.1. The Labute approximate surface area is 174 Å². The van der Waals surface area contributed by atoms with Gasteiger partial charge in [0, 0.05) is 12.6 Å². The van der Waals surface area contributed by atoms with Gasteiger partial charge in [-0.25, -0.2) is 8.42 Å². The van der Waals surface area contributed by atoms with Gasteiger partial charge in [0.1, 0.15) is 18.0 Å². The molecule has 1 aliphatic heterocycles. The van der Waals surface area contributed by atoms with Crippen LogP contribution in [0.5, 0.6) is 11.5 Å². The van der Waals surface area contributed by atoms with Crippen LogP contribution in [0.25, 0.3) is 0 Å². The maximum absolute atomic E-state index is 12.4. The third-order valence-corrected chi connectivity index (χ3v) is 6.32. The fourth-order valence-corrected chi connectivity index (χ4v) is 4.23. The van der Waals surface area contributed by atoms with Crippen LogP contribution >= 0.6 is 0 Å². The fourth-order valence-electron chi connectivity index (χ4n) is 3.37. The first kappa shape index (κ1) is 23.3. The number of nitrogens with one attached hydrogen (secondary N) is 1. The topological polar surface area (TPSA) is 88.2 Å². The first-order chi connectivity index (χ1) is 13.7. The van der Waals surface area contributed by atoms with Crippen molar-refractivity contribution in [3.05, 3.63) is 18.2 Å². The molecule has 9 heteroatoms. The van der Waals surface area contributed by atoms with Crippen LogP contribution < -0.4 is 19.1 Å². The van der Waals surface area contributed by atoms with E-state index in [9.17, 15) is 13.2 Å². The standard InChI is InChI=1S/C20H33N3O5S/c1-16-8-12-22(13-9-16)11-5-10-21-20(24)15-23(29(4,25)26)18-7-6-17(27-2)14-19(18)28-3/h6-7,14,16H,5,8-13,15H2,1-4H3,(H,21,24). The highest BCUT2D eigenvalue weighted by atomic mass is 32.2. The van der Waals surface area contributed by atoms with Crippen molar-refractivity contribution < 1.29 is 22.7 Å². The molecule has 1 amide bonds. The van der Waals surface area contributed by atoms with E-state index in [1.54, 1.807) is 18.2 Å². The Morgan fingerprint density at radius 1 is 1.24 bits per heavy atom. The van der Waals surface area contributed by atoms with E-state index in [1.807, 2.05) is 0 Å². The molecule has 0 radical (unpaired) electrons. The number of carbonyl (C=O) groups excluding carboxylic acids is 1. The number of nitrogens with zero attached hydrogens (tertiary/aromatic N) is 2. The number of piperidine rings is 1. The third kappa shape index (κ3) is 7.08. The number of anilines is 1. The lowest BCUT2D eigenvalue weighted by atomic mass is 9.99. The van der Waals surface area contributed by atoms with E-state index in [1.165, 1.54) is 27.1 Å². The number of hydrogen-bond acceptors (Lipinski definition) is 6. The van der Waals surface area contributed by atoms with Crippen molar-refractivity contribution in [1.29, 1.82) is 0 Å². The minimum atomic E-state index is -3.67. The summed E-state index contributed by atoms with van der Waals surface area (Å²) in [5.74, 6) is 1.31. The highest BCUT2D eigenvalue weighted by Crippen LogP contribution is 2.33.